The van der Waals surface area contributed by atoms with Crippen LogP contribution in [0.25, 0.3) is 0 Å². The minimum absolute atomic E-state index is 0.368. The first-order valence-electron chi connectivity index (χ1n) is 5.09. The van der Waals surface area contributed by atoms with Gasteiger partial charge in [-0.05, 0) is 24.1 Å². The largest absolute Gasteiger partial charge is 0.481 e. The van der Waals surface area contributed by atoms with Crippen molar-refractivity contribution >= 4 is 5.91 Å². The second-order valence-corrected chi connectivity index (χ2v) is 3.40. The zero-order valence-corrected chi connectivity index (χ0v) is 9.14. The number of rotatable bonds is 5. The van der Waals surface area contributed by atoms with Gasteiger partial charge in [-0.15, -0.1) is 0 Å². The summed E-state index contributed by atoms with van der Waals surface area (Å²) >= 11 is 0. The van der Waals surface area contributed by atoms with Crippen molar-refractivity contribution in [2.75, 3.05) is 0 Å². The standard InChI is InChI=1S/C12H14N2O2/c1-2-11(12(14)15)16-10-5-3-9(4-6-10)7-8-13/h3-6,11H,2,7H2,1H3,(H2,14,15). The maximum Gasteiger partial charge on any atom is 0.258 e. The number of nitrogens with zero attached hydrogens (tertiary/aromatic N) is 1. The highest BCUT2D eigenvalue weighted by Gasteiger charge is 2.14. The zero-order chi connectivity index (χ0) is 12.0. The van der Waals surface area contributed by atoms with Gasteiger partial charge in [0.15, 0.2) is 6.10 Å². The van der Waals surface area contributed by atoms with Crippen molar-refractivity contribution in [1.29, 1.82) is 5.26 Å². The molecule has 2 N–H and O–H groups in total. The Balaban J connectivity index is 2.68. The van der Waals surface area contributed by atoms with E-state index in [0.717, 1.165) is 5.56 Å². The van der Waals surface area contributed by atoms with Crippen molar-refractivity contribution in [3.8, 4) is 11.8 Å². The van der Waals surface area contributed by atoms with E-state index in [1.165, 1.54) is 0 Å². The number of nitrogens with two attached hydrogens (primary N) is 1. The van der Waals surface area contributed by atoms with Gasteiger partial charge >= 0.3 is 0 Å². The summed E-state index contributed by atoms with van der Waals surface area (Å²) in [4.78, 5) is 11.0. The Morgan fingerprint density at radius 3 is 2.56 bits per heavy atom. The van der Waals surface area contributed by atoms with Gasteiger partial charge in [-0.2, -0.15) is 5.26 Å². The minimum atomic E-state index is -0.596. The molecule has 0 saturated carbocycles. The summed E-state index contributed by atoms with van der Waals surface area (Å²) in [5, 5.41) is 8.50. The molecule has 0 bridgehead atoms. The molecule has 1 atom stereocenters. The first-order valence-corrected chi connectivity index (χ1v) is 5.09. The highest BCUT2D eigenvalue weighted by molar-refractivity contribution is 5.79. The molecular weight excluding hydrogens is 204 g/mol. The molecule has 0 aliphatic heterocycles. The molecule has 1 unspecified atom stereocenters. The monoisotopic (exact) mass is 218 g/mol. The van der Waals surface area contributed by atoms with Crippen molar-refractivity contribution < 1.29 is 9.53 Å². The average molecular weight is 218 g/mol. The van der Waals surface area contributed by atoms with Crippen molar-refractivity contribution in [3.05, 3.63) is 29.8 Å². The molecule has 1 aromatic carbocycles. The molecule has 0 saturated heterocycles. The molecule has 0 aliphatic rings. The fourth-order valence-electron chi connectivity index (χ4n) is 1.28. The van der Waals surface area contributed by atoms with Gasteiger partial charge in [0.2, 0.25) is 0 Å². The summed E-state index contributed by atoms with van der Waals surface area (Å²) in [6.45, 7) is 1.83. The predicted octanol–water partition coefficient (Wildman–Crippen LogP) is 1.40. The third-order valence-corrected chi connectivity index (χ3v) is 2.17. The molecule has 1 aromatic rings. The van der Waals surface area contributed by atoms with Crippen LogP contribution in [0.15, 0.2) is 24.3 Å². The Morgan fingerprint density at radius 1 is 1.50 bits per heavy atom. The van der Waals surface area contributed by atoms with Crippen LogP contribution in [0.5, 0.6) is 5.75 Å². The Bertz CT molecular complexity index is 392. The third-order valence-electron chi connectivity index (χ3n) is 2.17. The van der Waals surface area contributed by atoms with E-state index in [4.69, 9.17) is 15.7 Å². The molecule has 1 amide bonds. The number of primary amides is 1. The number of benzene rings is 1. The van der Waals surface area contributed by atoms with Gasteiger partial charge in [0.05, 0.1) is 12.5 Å². The van der Waals surface area contributed by atoms with Crippen LogP contribution < -0.4 is 10.5 Å². The third kappa shape index (κ3) is 3.28. The van der Waals surface area contributed by atoms with E-state index in [9.17, 15) is 4.79 Å². The van der Waals surface area contributed by atoms with Crippen LogP contribution in [-0.2, 0) is 11.2 Å². The van der Waals surface area contributed by atoms with Crippen LogP contribution in [-0.4, -0.2) is 12.0 Å². The molecule has 0 heterocycles. The smallest absolute Gasteiger partial charge is 0.258 e. The SMILES string of the molecule is CCC(Oc1ccc(CC#N)cc1)C(N)=O. The van der Waals surface area contributed by atoms with Gasteiger partial charge in [-0.25, -0.2) is 0 Å². The fraction of sp³-hybridized carbons (Fsp3) is 0.333. The lowest BCUT2D eigenvalue weighted by molar-refractivity contribution is -0.124. The summed E-state index contributed by atoms with van der Waals surface area (Å²) in [5.41, 5.74) is 6.08. The predicted molar refractivity (Wildman–Crippen MR) is 59.7 cm³/mol. The van der Waals surface area contributed by atoms with E-state index in [0.29, 0.717) is 18.6 Å². The van der Waals surface area contributed by atoms with Crippen LogP contribution in [0.4, 0.5) is 0 Å². The summed E-state index contributed by atoms with van der Waals surface area (Å²) < 4.78 is 5.40. The number of carbonyl (C=O) groups is 1. The maximum absolute atomic E-state index is 11.0. The van der Waals surface area contributed by atoms with E-state index < -0.39 is 12.0 Å². The zero-order valence-electron chi connectivity index (χ0n) is 9.14. The summed E-state index contributed by atoms with van der Waals surface area (Å²) in [6.07, 6.45) is 0.310. The van der Waals surface area contributed by atoms with E-state index in [-0.39, 0.29) is 0 Å². The second kappa shape index (κ2) is 5.76. The molecule has 4 nitrogen and oxygen atoms in total. The topological polar surface area (TPSA) is 76.1 Å². The highest BCUT2D eigenvalue weighted by Crippen LogP contribution is 2.15. The van der Waals surface area contributed by atoms with E-state index >= 15 is 0 Å². The fourth-order valence-corrected chi connectivity index (χ4v) is 1.28. The Labute approximate surface area is 94.6 Å². The Kier molecular flexibility index (Phi) is 4.34. The molecule has 0 fully saturated rings. The van der Waals surface area contributed by atoms with Crippen molar-refractivity contribution in [2.45, 2.75) is 25.9 Å². The number of hydrogen-bond acceptors (Lipinski definition) is 3. The lowest BCUT2D eigenvalue weighted by Crippen LogP contribution is -2.32. The summed E-state index contributed by atoms with van der Waals surface area (Å²) in [6, 6.07) is 9.12. The first-order chi connectivity index (χ1) is 7.67. The van der Waals surface area contributed by atoms with Gasteiger partial charge in [-0.3, -0.25) is 4.79 Å². The van der Waals surface area contributed by atoms with Crippen LogP contribution in [0.1, 0.15) is 18.9 Å². The lowest BCUT2D eigenvalue weighted by atomic mass is 10.1. The summed E-state index contributed by atoms with van der Waals surface area (Å²) in [7, 11) is 0. The first kappa shape index (κ1) is 12.1. The van der Waals surface area contributed by atoms with Crippen molar-refractivity contribution in [3.63, 3.8) is 0 Å². The molecular formula is C12H14N2O2. The molecule has 16 heavy (non-hydrogen) atoms. The van der Waals surface area contributed by atoms with Crippen LogP contribution in [0.2, 0.25) is 0 Å². The Hall–Kier alpha value is -2.02. The maximum atomic E-state index is 11.0. The average Bonchev–Trinajstić information content (AvgIpc) is 2.28. The molecule has 1 rings (SSSR count). The Morgan fingerprint density at radius 2 is 2.12 bits per heavy atom. The van der Waals surface area contributed by atoms with Crippen molar-refractivity contribution in [2.24, 2.45) is 5.73 Å². The highest BCUT2D eigenvalue weighted by atomic mass is 16.5. The number of nitriles is 1. The number of carbonyl (C=O) groups excluding carboxylic acids is 1. The van der Waals surface area contributed by atoms with Crippen LogP contribution in [0, 0.1) is 11.3 Å². The molecule has 4 heteroatoms. The van der Waals surface area contributed by atoms with E-state index in [2.05, 4.69) is 6.07 Å². The van der Waals surface area contributed by atoms with Gasteiger partial charge in [0.25, 0.3) is 5.91 Å². The molecule has 84 valence electrons. The van der Waals surface area contributed by atoms with Crippen LogP contribution in [0.3, 0.4) is 0 Å². The molecule has 0 spiro atoms. The number of ether oxygens (including phenoxy) is 1. The second-order valence-electron chi connectivity index (χ2n) is 3.40. The number of amides is 1. The van der Waals surface area contributed by atoms with Crippen LogP contribution >= 0.6 is 0 Å². The van der Waals surface area contributed by atoms with Crippen molar-refractivity contribution in [1.82, 2.24) is 0 Å². The lowest BCUT2D eigenvalue weighted by Gasteiger charge is -2.13. The summed E-state index contributed by atoms with van der Waals surface area (Å²) in [5.74, 6) is 0.121. The quantitative estimate of drug-likeness (QED) is 0.811. The van der Waals surface area contributed by atoms with Gasteiger partial charge in [0.1, 0.15) is 5.75 Å². The normalized spacial score (nSPS) is 11.5. The van der Waals surface area contributed by atoms with Gasteiger partial charge < -0.3 is 10.5 Å². The molecule has 0 radical (unpaired) electrons. The molecule has 0 aromatic heterocycles. The number of hydrogen-bond donors (Lipinski definition) is 1. The van der Waals surface area contributed by atoms with E-state index in [1.54, 1.807) is 24.3 Å². The van der Waals surface area contributed by atoms with Gasteiger partial charge in [0, 0.05) is 0 Å². The molecule has 0 aliphatic carbocycles. The van der Waals surface area contributed by atoms with Gasteiger partial charge in [-0.1, -0.05) is 19.1 Å². The van der Waals surface area contributed by atoms with E-state index in [1.807, 2.05) is 6.92 Å². The minimum Gasteiger partial charge on any atom is -0.481 e.